The number of hydrogen-bond acceptors (Lipinski definition) is 6. The van der Waals surface area contributed by atoms with E-state index in [1.807, 2.05) is 6.92 Å². The summed E-state index contributed by atoms with van der Waals surface area (Å²) < 4.78 is 22.3. The molecule has 0 fully saturated rings. The summed E-state index contributed by atoms with van der Waals surface area (Å²) >= 11 is 0. The van der Waals surface area contributed by atoms with Gasteiger partial charge in [0.1, 0.15) is 0 Å². The molecule has 0 aromatic rings. The van der Waals surface area contributed by atoms with E-state index >= 15 is 0 Å². The Morgan fingerprint density at radius 3 is 1.60 bits per heavy atom. The van der Waals surface area contributed by atoms with Gasteiger partial charge in [-0.1, -0.05) is 13.5 Å². The predicted molar refractivity (Wildman–Crippen MR) is 68.1 cm³/mol. The first-order valence-electron chi connectivity index (χ1n) is 4.35. The first kappa shape index (κ1) is 27.7. The molecule has 0 aliphatic heterocycles. The van der Waals surface area contributed by atoms with Crippen LogP contribution in [0.1, 0.15) is 13.3 Å². The largest absolute Gasteiger partial charge is 0.466 e. The molecule has 0 aliphatic rings. The fourth-order valence-corrected chi connectivity index (χ4v) is 0.281. The molecule has 11 N–H and O–H groups in total. The zero-order chi connectivity index (χ0) is 16.3. The topological polar surface area (TPSA) is 243 Å². The number of ether oxygens (including phenoxy) is 1. The Kier molecular flexibility index (Phi) is 18.4. The molecule has 124 valence electrons. The van der Waals surface area contributed by atoms with Gasteiger partial charge < -0.3 is 40.2 Å². The van der Waals surface area contributed by atoms with Crippen molar-refractivity contribution in [3.63, 3.8) is 0 Å². The summed E-state index contributed by atoms with van der Waals surface area (Å²) in [6.45, 7) is 5.05. The number of hydrogen-bond donors (Lipinski definition) is 8. The molecule has 0 heterocycles. The number of carbonyl (C=O) groups excluding carboxylic acids is 1. The first-order chi connectivity index (χ1) is 8.20. The van der Waals surface area contributed by atoms with E-state index in [0.717, 1.165) is 6.08 Å². The van der Waals surface area contributed by atoms with E-state index in [1.165, 1.54) is 0 Å². The van der Waals surface area contributed by atoms with Gasteiger partial charge in [-0.15, -0.1) is 0 Å². The molecule has 0 amide bonds. The van der Waals surface area contributed by atoms with E-state index < -0.39 is 27.8 Å². The molecule has 0 aliphatic carbocycles. The summed E-state index contributed by atoms with van der Waals surface area (Å²) in [7, 11) is -9.28. The fraction of sp³-hybridized carbons (Fsp3) is 0.500. The average Bonchev–Trinajstić information content (AvgIpc) is 2.12. The van der Waals surface area contributed by atoms with E-state index in [2.05, 4.69) is 11.3 Å². The molecule has 0 spiro atoms. The molecule has 0 aromatic heterocycles. The van der Waals surface area contributed by atoms with Crippen LogP contribution in [0.2, 0.25) is 0 Å². The highest BCUT2D eigenvalue weighted by molar-refractivity contribution is 7.45. The Morgan fingerprint density at radius 2 is 1.45 bits per heavy atom. The summed E-state index contributed by atoms with van der Waals surface area (Å²) in [5, 5.41) is 0. The van der Waals surface area contributed by atoms with E-state index in [4.69, 9.17) is 44.2 Å². The van der Waals surface area contributed by atoms with E-state index in [-0.39, 0.29) is 6.15 Å². The Balaban J connectivity index is -0.000000101. The highest BCUT2D eigenvalue weighted by Gasteiger charge is 2.01. The summed E-state index contributed by atoms with van der Waals surface area (Å²) in [6, 6.07) is 0. The fourth-order valence-electron chi connectivity index (χ4n) is 0.281. The Bertz CT molecular complexity index is 313. The standard InChI is InChI=1S/C6H11NO2.H3N.2H3O4P/c1-3-5(7)9-6(8)4-2;;2*1-5(2,3)4/h4-5H,2-3,7H2,1H3;1H3;2*(H3,1,2,3,4). The minimum absolute atomic E-state index is 0. The van der Waals surface area contributed by atoms with Gasteiger partial charge in [0.2, 0.25) is 0 Å². The van der Waals surface area contributed by atoms with Gasteiger partial charge in [0.25, 0.3) is 0 Å². The molecule has 0 aromatic carbocycles. The molecule has 0 bridgehead atoms. The van der Waals surface area contributed by atoms with Gasteiger partial charge in [-0.05, 0) is 6.42 Å². The van der Waals surface area contributed by atoms with Gasteiger partial charge in [0.05, 0.1) is 0 Å². The lowest BCUT2D eigenvalue weighted by Crippen LogP contribution is -2.24. The lowest BCUT2D eigenvalue weighted by Gasteiger charge is -2.07. The maximum atomic E-state index is 10.4. The average molecular weight is 342 g/mol. The lowest BCUT2D eigenvalue weighted by molar-refractivity contribution is -0.142. The van der Waals surface area contributed by atoms with E-state index in [1.54, 1.807) is 0 Å². The Morgan fingerprint density at radius 1 is 1.20 bits per heavy atom. The molecule has 0 radical (unpaired) electrons. The van der Waals surface area contributed by atoms with Gasteiger partial charge >= 0.3 is 21.6 Å². The quantitative estimate of drug-likeness (QED) is 0.129. The Hall–Kier alpha value is -0.650. The van der Waals surface area contributed by atoms with Crippen LogP contribution in [0.15, 0.2) is 12.7 Å². The number of phosphoric acid groups is 2. The third-order valence-corrected chi connectivity index (χ3v) is 0.837. The van der Waals surface area contributed by atoms with Gasteiger partial charge in [0, 0.05) is 6.08 Å². The molecule has 1 atom stereocenters. The van der Waals surface area contributed by atoms with Crippen molar-refractivity contribution in [1.82, 2.24) is 6.15 Å². The van der Waals surface area contributed by atoms with Gasteiger partial charge in [0.15, 0.2) is 6.23 Å². The third kappa shape index (κ3) is 85.9. The van der Waals surface area contributed by atoms with Crippen LogP contribution in [0.25, 0.3) is 0 Å². The summed E-state index contributed by atoms with van der Waals surface area (Å²) in [4.78, 5) is 53.5. The maximum Gasteiger partial charge on any atom is 0.466 e. The highest BCUT2D eigenvalue weighted by Crippen LogP contribution is 2.26. The van der Waals surface area contributed by atoms with Crippen LogP contribution in [-0.4, -0.2) is 41.6 Å². The smallest absolute Gasteiger partial charge is 0.444 e. The normalized spacial score (nSPS) is 11.4. The van der Waals surface area contributed by atoms with Gasteiger partial charge in [-0.25, -0.2) is 13.9 Å². The summed E-state index contributed by atoms with van der Waals surface area (Å²) in [5.74, 6) is -0.468. The third-order valence-electron chi connectivity index (χ3n) is 0.837. The first-order valence-corrected chi connectivity index (χ1v) is 7.49. The summed E-state index contributed by atoms with van der Waals surface area (Å²) in [6.07, 6.45) is 1.23. The SMILES string of the molecule is C=CC(=O)OC(N)CC.N.O=P(O)(O)O.O=P(O)(O)O. The van der Waals surface area contributed by atoms with Crippen molar-refractivity contribution >= 4 is 21.6 Å². The van der Waals surface area contributed by atoms with E-state index in [9.17, 15) is 4.79 Å². The van der Waals surface area contributed by atoms with Crippen LogP contribution < -0.4 is 11.9 Å². The molecule has 20 heavy (non-hydrogen) atoms. The van der Waals surface area contributed by atoms with Gasteiger partial charge in [-0.3, -0.25) is 5.73 Å². The molecular formula is C6H20N2O10P2. The second-order valence-electron chi connectivity index (χ2n) is 2.61. The maximum absolute atomic E-state index is 10.4. The van der Waals surface area contributed by atoms with Gasteiger partial charge in [-0.2, -0.15) is 0 Å². The monoisotopic (exact) mass is 342 g/mol. The number of carbonyl (C=O) groups is 1. The van der Waals surface area contributed by atoms with Crippen LogP contribution in [0.4, 0.5) is 0 Å². The number of nitrogens with two attached hydrogens (primary N) is 1. The zero-order valence-electron chi connectivity index (χ0n) is 10.6. The van der Waals surface area contributed by atoms with Crippen molar-refractivity contribution in [3.8, 4) is 0 Å². The van der Waals surface area contributed by atoms with Crippen LogP contribution in [0.3, 0.4) is 0 Å². The molecular weight excluding hydrogens is 322 g/mol. The van der Waals surface area contributed by atoms with Crippen LogP contribution in [0.5, 0.6) is 0 Å². The molecule has 12 nitrogen and oxygen atoms in total. The minimum Gasteiger partial charge on any atom is -0.444 e. The zero-order valence-corrected chi connectivity index (χ0v) is 12.4. The number of esters is 1. The second kappa shape index (κ2) is 13.3. The predicted octanol–water partition coefficient (Wildman–Crippen LogP) is -1.28. The van der Waals surface area contributed by atoms with Crippen molar-refractivity contribution in [3.05, 3.63) is 12.7 Å². The summed E-state index contributed by atoms with van der Waals surface area (Å²) in [5.41, 5.74) is 5.26. The lowest BCUT2D eigenvalue weighted by atomic mass is 10.4. The molecule has 0 saturated carbocycles. The van der Waals surface area contributed by atoms with Crippen molar-refractivity contribution in [2.45, 2.75) is 19.6 Å². The van der Waals surface area contributed by atoms with Crippen LogP contribution in [0, 0.1) is 0 Å². The van der Waals surface area contributed by atoms with Crippen molar-refractivity contribution < 1.29 is 48.0 Å². The van der Waals surface area contributed by atoms with E-state index in [0.29, 0.717) is 6.42 Å². The number of rotatable bonds is 3. The van der Waals surface area contributed by atoms with Crippen molar-refractivity contribution in [1.29, 1.82) is 0 Å². The Labute approximate surface area is 115 Å². The van der Waals surface area contributed by atoms with Crippen molar-refractivity contribution in [2.24, 2.45) is 5.73 Å². The molecule has 1 unspecified atom stereocenters. The van der Waals surface area contributed by atoms with Crippen molar-refractivity contribution in [2.75, 3.05) is 0 Å². The molecule has 0 rings (SSSR count). The minimum atomic E-state index is -4.64. The highest BCUT2D eigenvalue weighted by atomic mass is 31.2. The molecule has 0 saturated heterocycles. The van der Waals surface area contributed by atoms with Crippen LogP contribution in [-0.2, 0) is 18.7 Å². The molecule has 14 heteroatoms. The second-order valence-corrected chi connectivity index (χ2v) is 4.67. The van der Waals surface area contributed by atoms with Crippen LogP contribution >= 0.6 is 15.6 Å².